The zero-order valence-corrected chi connectivity index (χ0v) is 22.4. The number of benzene rings is 1. The first-order valence-corrected chi connectivity index (χ1v) is 16.1. The molecule has 2 aromatic rings. The minimum atomic E-state index is -3.31. The van der Waals surface area contributed by atoms with Crippen molar-refractivity contribution in [1.82, 2.24) is 4.98 Å². The minimum absolute atomic E-state index is 0.0412. The van der Waals surface area contributed by atoms with E-state index in [0.717, 1.165) is 18.4 Å². The van der Waals surface area contributed by atoms with E-state index in [2.05, 4.69) is 10.3 Å². The third-order valence-corrected chi connectivity index (χ3v) is 9.81. The average Bonchev–Trinajstić information content (AvgIpc) is 3.43. The molecule has 0 radical (unpaired) electrons. The van der Waals surface area contributed by atoms with Gasteiger partial charge in [-0.2, -0.15) is 0 Å². The third kappa shape index (κ3) is 7.46. The molecule has 0 saturated heterocycles. The molecule has 0 unspecified atom stereocenters. The Morgan fingerprint density at radius 2 is 1.79 bits per heavy atom. The lowest BCUT2D eigenvalue weighted by Crippen LogP contribution is -2.23. The quantitative estimate of drug-likeness (QED) is 0.356. The van der Waals surface area contributed by atoms with Gasteiger partial charge in [0, 0.05) is 11.6 Å². The molecule has 1 saturated carbocycles. The van der Waals surface area contributed by atoms with Crippen molar-refractivity contribution in [1.29, 1.82) is 0 Å². The standard InChI is InChI=1S/C23H33N2O6PS2/c1-4-30-32(27,31-5-2)15-19-16-33-23(24-19)25-22(26)21(14-17-8-6-7-9-17)18-10-12-20(13-11-18)34(3,28)29/h10-13,16-17,21H,4-9,14-15H2,1-3H3,(H,24,25,26)/t21-/m1/s1. The first-order valence-electron chi connectivity index (χ1n) is 11.6. The van der Waals surface area contributed by atoms with Crippen molar-refractivity contribution in [3.8, 4) is 0 Å². The molecule has 1 aromatic heterocycles. The van der Waals surface area contributed by atoms with Crippen molar-refractivity contribution in [3.05, 3.63) is 40.9 Å². The lowest BCUT2D eigenvalue weighted by Gasteiger charge is -2.20. The van der Waals surface area contributed by atoms with E-state index >= 15 is 0 Å². The Morgan fingerprint density at radius 3 is 2.35 bits per heavy atom. The van der Waals surface area contributed by atoms with Crippen molar-refractivity contribution in [3.63, 3.8) is 0 Å². The Bertz CT molecular complexity index is 1100. The zero-order chi connectivity index (χ0) is 24.8. The smallest absolute Gasteiger partial charge is 0.309 e. The Labute approximate surface area is 205 Å². The predicted octanol–water partition coefficient (Wildman–Crippen LogP) is 5.62. The predicted molar refractivity (Wildman–Crippen MR) is 134 cm³/mol. The summed E-state index contributed by atoms with van der Waals surface area (Å²) in [5.74, 6) is -0.139. The number of carbonyl (C=O) groups is 1. The molecule has 1 atom stereocenters. The number of rotatable bonds is 12. The fourth-order valence-electron chi connectivity index (χ4n) is 4.27. The van der Waals surface area contributed by atoms with Crippen molar-refractivity contribution in [2.45, 2.75) is 62.9 Å². The van der Waals surface area contributed by atoms with Crippen LogP contribution in [0.1, 0.15) is 63.1 Å². The maximum atomic E-state index is 13.3. The number of nitrogens with zero attached hydrogens (tertiary/aromatic N) is 1. The fraction of sp³-hybridized carbons (Fsp3) is 0.565. The van der Waals surface area contributed by atoms with Gasteiger partial charge in [0.05, 0.1) is 35.9 Å². The SMILES string of the molecule is CCOP(=O)(Cc1csc(NC(=O)[C@H](CC2CCCC2)c2ccc(S(C)(=O)=O)cc2)n1)OCC. The van der Waals surface area contributed by atoms with Gasteiger partial charge in [0.2, 0.25) is 5.91 Å². The van der Waals surface area contributed by atoms with Gasteiger partial charge in [-0.05, 0) is 43.9 Å². The van der Waals surface area contributed by atoms with E-state index < -0.39 is 23.4 Å². The van der Waals surface area contributed by atoms with Crippen LogP contribution in [0.3, 0.4) is 0 Å². The molecule has 1 N–H and O–H groups in total. The van der Waals surface area contributed by atoms with Crippen molar-refractivity contribution >= 4 is 39.8 Å². The summed E-state index contributed by atoms with van der Waals surface area (Å²) in [6.45, 7) is 4.05. The van der Waals surface area contributed by atoms with Crippen LogP contribution in [0, 0.1) is 5.92 Å². The Hall–Kier alpha value is -1.58. The molecular formula is C23H33N2O6PS2. The number of hydrogen-bond acceptors (Lipinski definition) is 8. The van der Waals surface area contributed by atoms with Crippen LogP contribution in [0.2, 0.25) is 0 Å². The number of carbonyl (C=O) groups excluding carboxylic acids is 1. The molecule has 1 heterocycles. The highest BCUT2D eigenvalue weighted by Crippen LogP contribution is 2.51. The number of thiazole rings is 1. The zero-order valence-electron chi connectivity index (χ0n) is 19.9. The Morgan fingerprint density at radius 1 is 1.18 bits per heavy atom. The van der Waals surface area contributed by atoms with Crippen LogP contribution in [0.5, 0.6) is 0 Å². The van der Waals surface area contributed by atoms with Crippen LogP contribution in [-0.4, -0.2) is 38.8 Å². The highest BCUT2D eigenvalue weighted by Gasteiger charge is 2.29. The van der Waals surface area contributed by atoms with Gasteiger partial charge in [-0.15, -0.1) is 11.3 Å². The maximum absolute atomic E-state index is 13.3. The maximum Gasteiger partial charge on any atom is 0.336 e. The molecular weight excluding hydrogens is 495 g/mol. The number of amides is 1. The summed E-state index contributed by atoms with van der Waals surface area (Å²) in [5.41, 5.74) is 1.32. The number of sulfone groups is 1. The van der Waals surface area contributed by atoms with E-state index in [4.69, 9.17) is 9.05 Å². The molecule has 1 aliphatic rings. The fourth-order valence-corrected chi connectivity index (χ4v) is 7.34. The molecule has 0 spiro atoms. The number of hydrogen-bond donors (Lipinski definition) is 1. The van der Waals surface area contributed by atoms with Crippen molar-refractivity contribution in [2.75, 3.05) is 24.8 Å². The molecule has 1 aliphatic carbocycles. The molecule has 3 rings (SSSR count). The van der Waals surface area contributed by atoms with E-state index in [9.17, 15) is 17.8 Å². The van der Waals surface area contributed by atoms with Gasteiger partial charge in [-0.1, -0.05) is 37.8 Å². The minimum Gasteiger partial charge on any atom is -0.309 e. The summed E-state index contributed by atoms with van der Waals surface area (Å²) in [6.07, 6.45) is 6.43. The summed E-state index contributed by atoms with van der Waals surface area (Å²) < 4.78 is 47.1. The van der Waals surface area contributed by atoms with Crippen LogP contribution < -0.4 is 5.32 Å². The van der Waals surface area contributed by atoms with Crippen molar-refractivity contribution in [2.24, 2.45) is 5.92 Å². The number of aromatic nitrogens is 1. The van der Waals surface area contributed by atoms with Gasteiger partial charge in [-0.3, -0.25) is 9.36 Å². The van der Waals surface area contributed by atoms with E-state index in [-0.39, 0.29) is 30.2 Å². The Kier molecular flexibility index (Phi) is 9.46. The molecule has 1 aromatic carbocycles. The van der Waals surface area contributed by atoms with Crippen LogP contribution in [0.4, 0.5) is 5.13 Å². The van der Waals surface area contributed by atoms with Crippen LogP contribution in [0.15, 0.2) is 34.5 Å². The van der Waals surface area contributed by atoms with Gasteiger partial charge < -0.3 is 14.4 Å². The number of anilines is 1. The molecule has 188 valence electrons. The summed E-state index contributed by atoms with van der Waals surface area (Å²) >= 11 is 1.26. The normalized spacial score (nSPS) is 16.0. The van der Waals surface area contributed by atoms with Gasteiger partial charge in [0.15, 0.2) is 15.0 Å². The van der Waals surface area contributed by atoms with Crippen LogP contribution >= 0.6 is 18.9 Å². The first-order chi connectivity index (χ1) is 16.1. The first kappa shape index (κ1) is 27.0. The third-order valence-electron chi connectivity index (χ3n) is 5.86. The topological polar surface area (TPSA) is 112 Å². The van der Waals surface area contributed by atoms with Gasteiger partial charge in [-0.25, -0.2) is 13.4 Å². The molecule has 0 aliphatic heterocycles. The molecule has 11 heteroatoms. The summed E-state index contributed by atoms with van der Waals surface area (Å²) in [7, 11) is -6.59. The molecule has 1 amide bonds. The monoisotopic (exact) mass is 528 g/mol. The molecule has 1 fully saturated rings. The van der Waals surface area contributed by atoms with E-state index in [1.807, 2.05) is 0 Å². The highest BCUT2D eigenvalue weighted by molar-refractivity contribution is 7.90. The van der Waals surface area contributed by atoms with Crippen LogP contribution in [-0.2, 0) is 34.4 Å². The Balaban J connectivity index is 1.76. The molecule has 8 nitrogen and oxygen atoms in total. The summed E-state index contributed by atoms with van der Waals surface area (Å²) in [4.78, 5) is 18.0. The second kappa shape index (κ2) is 11.9. The van der Waals surface area contributed by atoms with E-state index in [1.54, 1.807) is 43.5 Å². The van der Waals surface area contributed by atoms with Gasteiger partial charge in [0.25, 0.3) is 0 Å². The van der Waals surface area contributed by atoms with E-state index in [1.165, 1.54) is 30.4 Å². The average molecular weight is 529 g/mol. The molecule has 0 bridgehead atoms. The van der Waals surface area contributed by atoms with Crippen molar-refractivity contribution < 1.29 is 26.8 Å². The molecule has 34 heavy (non-hydrogen) atoms. The van der Waals surface area contributed by atoms with Crippen LogP contribution in [0.25, 0.3) is 0 Å². The highest BCUT2D eigenvalue weighted by atomic mass is 32.2. The van der Waals surface area contributed by atoms with Gasteiger partial charge in [0.1, 0.15) is 0 Å². The second-order valence-electron chi connectivity index (χ2n) is 8.52. The summed E-state index contributed by atoms with van der Waals surface area (Å²) in [6, 6.07) is 6.56. The van der Waals surface area contributed by atoms with Gasteiger partial charge >= 0.3 is 7.60 Å². The van der Waals surface area contributed by atoms with E-state index in [0.29, 0.717) is 23.2 Å². The number of nitrogens with one attached hydrogen (secondary N) is 1. The second-order valence-corrected chi connectivity index (χ2v) is 13.4. The largest absolute Gasteiger partial charge is 0.336 e. The summed E-state index contributed by atoms with van der Waals surface area (Å²) in [5, 5.41) is 5.07. The lowest BCUT2D eigenvalue weighted by atomic mass is 9.87. The lowest BCUT2D eigenvalue weighted by molar-refractivity contribution is -0.118.